The van der Waals surface area contributed by atoms with Gasteiger partial charge in [-0.2, -0.15) is 0 Å². The lowest BCUT2D eigenvalue weighted by Crippen LogP contribution is -2.24. The summed E-state index contributed by atoms with van der Waals surface area (Å²) in [6.45, 7) is 1.79. The van der Waals surface area contributed by atoms with Crippen molar-refractivity contribution in [1.29, 1.82) is 0 Å². The highest BCUT2D eigenvalue weighted by molar-refractivity contribution is 9.10. The molecule has 0 radical (unpaired) electrons. The molecule has 0 aromatic carbocycles. The predicted molar refractivity (Wildman–Crippen MR) is 62.1 cm³/mol. The number of rotatable bonds is 4. The lowest BCUT2D eigenvalue weighted by Gasteiger charge is -2.09. The van der Waals surface area contributed by atoms with E-state index in [9.17, 15) is 9.59 Å². The Hall–Kier alpha value is -0.680. The van der Waals surface area contributed by atoms with Crippen molar-refractivity contribution in [3.05, 3.63) is 20.8 Å². The molecule has 5 heteroatoms. The van der Waals surface area contributed by atoms with Gasteiger partial charge in [0.15, 0.2) is 5.78 Å². The highest BCUT2D eigenvalue weighted by Crippen LogP contribution is 2.24. The number of methoxy groups -OCH3 is 1. The van der Waals surface area contributed by atoms with Gasteiger partial charge < -0.3 is 4.74 Å². The molecule has 1 atom stereocenters. The SMILES string of the molecule is CCC(C(=O)OC)C(=O)c1cc(Br)cs1. The second-order valence-corrected chi connectivity index (χ2v) is 4.80. The molecule has 1 aromatic rings. The molecule has 1 heterocycles. The van der Waals surface area contributed by atoms with E-state index in [1.54, 1.807) is 13.0 Å². The molecule has 0 saturated heterocycles. The summed E-state index contributed by atoms with van der Waals surface area (Å²) in [5.41, 5.74) is 0. The quantitative estimate of drug-likeness (QED) is 0.486. The molecule has 3 nitrogen and oxygen atoms in total. The molecule has 0 amide bonds. The van der Waals surface area contributed by atoms with E-state index in [4.69, 9.17) is 0 Å². The number of carbonyl (C=O) groups is 2. The zero-order valence-electron chi connectivity index (χ0n) is 8.45. The minimum atomic E-state index is -0.680. The number of esters is 1. The van der Waals surface area contributed by atoms with Gasteiger partial charge in [-0.1, -0.05) is 6.92 Å². The largest absolute Gasteiger partial charge is 0.468 e. The monoisotopic (exact) mass is 290 g/mol. The fourth-order valence-electron chi connectivity index (χ4n) is 1.22. The highest BCUT2D eigenvalue weighted by Gasteiger charge is 2.27. The van der Waals surface area contributed by atoms with Crippen molar-refractivity contribution in [3.63, 3.8) is 0 Å². The minimum Gasteiger partial charge on any atom is -0.468 e. The summed E-state index contributed by atoms with van der Waals surface area (Å²) in [7, 11) is 1.29. The molecule has 15 heavy (non-hydrogen) atoms. The predicted octanol–water partition coefficient (Wildman–Crippen LogP) is 2.89. The lowest BCUT2D eigenvalue weighted by molar-refractivity contribution is -0.143. The van der Waals surface area contributed by atoms with Crippen molar-refractivity contribution in [2.45, 2.75) is 13.3 Å². The Morgan fingerprint density at radius 2 is 2.27 bits per heavy atom. The summed E-state index contributed by atoms with van der Waals surface area (Å²) >= 11 is 4.59. The van der Waals surface area contributed by atoms with Crippen LogP contribution in [0.3, 0.4) is 0 Å². The first-order valence-electron chi connectivity index (χ1n) is 4.46. The van der Waals surface area contributed by atoms with E-state index in [1.165, 1.54) is 18.4 Å². The van der Waals surface area contributed by atoms with Crippen LogP contribution in [0.2, 0.25) is 0 Å². The molecule has 1 aromatic heterocycles. The Labute approximate surface area is 101 Å². The number of ether oxygens (including phenoxy) is 1. The Kier molecular flexibility index (Phi) is 4.47. The van der Waals surface area contributed by atoms with E-state index in [0.29, 0.717) is 11.3 Å². The zero-order chi connectivity index (χ0) is 11.4. The van der Waals surface area contributed by atoms with Crippen LogP contribution in [-0.2, 0) is 9.53 Å². The highest BCUT2D eigenvalue weighted by atomic mass is 79.9. The van der Waals surface area contributed by atoms with Gasteiger partial charge in [-0.3, -0.25) is 9.59 Å². The van der Waals surface area contributed by atoms with E-state index in [1.807, 2.05) is 5.38 Å². The van der Waals surface area contributed by atoms with Crippen molar-refractivity contribution in [2.24, 2.45) is 5.92 Å². The third kappa shape index (κ3) is 2.89. The summed E-state index contributed by atoms with van der Waals surface area (Å²) in [4.78, 5) is 23.8. The van der Waals surface area contributed by atoms with Crippen molar-refractivity contribution >= 4 is 39.0 Å². The smallest absolute Gasteiger partial charge is 0.316 e. The van der Waals surface area contributed by atoms with Crippen LogP contribution < -0.4 is 0 Å². The zero-order valence-corrected chi connectivity index (χ0v) is 10.9. The number of halogens is 1. The number of ketones is 1. The van der Waals surface area contributed by atoms with Gasteiger partial charge in [0.25, 0.3) is 0 Å². The molecule has 0 N–H and O–H groups in total. The van der Waals surface area contributed by atoms with Gasteiger partial charge in [-0.15, -0.1) is 11.3 Å². The molecule has 0 aliphatic carbocycles. The first-order chi connectivity index (χ1) is 7.10. The number of thiophene rings is 1. The van der Waals surface area contributed by atoms with E-state index in [-0.39, 0.29) is 5.78 Å². The normalized spacial score (nSPS) is 12.2. The second-order valence-electron chi connectivity index (χ2n) is 2.98. The maximum absolute atomic E-state index is 11.9. The number of carbonyl (C=O) groups excluding carboxylic acids is 2. The van der Waals surface area contributed by atoms with E-state index >= 15 is 0 Å². The fraction of sp³-hybridized carbons (Fsp3) is 0.400. The molecule has 0 spiro atoms. The summed E-state index contributed by atoms with van der Waals surface area (Å²) < 4.78 is 5.44. The van der Waals surface area contributed by atoms with Crippen LogP contribution in [-0.4, -0.2) is 18.9 Å². The molecule has 0 fully saturated rings. The van der Waals surface area contributed by atoms with Crippen LogP contribution in [0.5, 0.6) is 0 Å². The summed E-state index contributed by atoms with van der Waals surface area (Å²) in [5.74, 6) is -1.31. The van der Waals surface area contributed by atoms with Crippen molar-refractivity contribution in [2.75, 3.05) is 7.11 Å². The minimum absolute atomic E-state index is 0.167. The van der Waals surface area contributed by atoms with Gasteiger partial charge in [0.2, 0.25) is 0 Å². The molecule has 0 aliphatic heterocycles. The Morgan fingerprint density at radius 3 is 2.67 bits per heavy atom. The fourth-order valence-corrected chi connectivity index (χ4v) is 2.64. The van der Waals surface area contributed by atoms with Gasteiger partial charge in [0.1, 0.15) is 5.92 Å². The Bertz CT molecular complexity index is 372. The van der Waals surface area contributed by atoms with Gasteiger partial charge >= 0.3 is 5.97 Å². The first-order valence-corrected chi connectivity index (χ1v) is 6.13. The molecule has 1 unspecified atom stereocenters. The Morgan fingerprint density at radius 1 is 1.60 bits per heavy atom. The second kappa shape index (κ2) is 5.42. The van der Waals surface area contributed by atoms with Crippen LogP contribution in [0.4, 0.5) is 0 Å². The first kappa shape index (κ1) is 12.4. The number of hydrogen-bond donors (Lipinski definition) is 0. The van der Waals surface area contributed by atoms with Crippen LogP contribution in [0.25, 0.3) is 0 Å². The lowest BCUT2D eigenvalue weighted by atomic mass is 10.0. The standard InChI is InChI=1S/C10H11BrO3S/c1-3-7(10(13)14-2)9(12)8-4-6(11)5-15-8/h4-5,7H,3H2,1-2H3. The van der Waals surface area contributed by atoms with Crippen molar-refractivity contribution in [3.8, 4) is 0 Å². The topological polar surface area (TPSA) is 43.4 Å². The van der Waals surface area contributed by atoms with Crippen LogP contribution in [0.1, 0.15) is 23.0 Å². The average molecular weight is 291 g/mol. The molecule has 0 bridgehead atoms. The van der Waals surface area contributed by atoms with Gasteiger partial charge in [-0.25, -0.2) is 0 Å². The summed E-state index contributed by atoms with van der Waals surface area (Å²) in [6, 6.07) is 1.72. The molecular weight excluding hydrogens is 280 g/mol. The summed E-state index contributed by atoms with van der Waals surface area (Å²) in [6.07, 6.45) is 0.459. The average Bonchev–Trinajstić information content (AvgIpc) is 2.65. The van der Waals surface area contributed by atoms with E-state index < -0.39 is 11.9 Å². The molecule has 82 valence electrons. The number of hydrogen-bond acceptors (Lipinski definition) is 4. The van der Waals surface area contributed by atoms with Crippen molar-refractivity contribution in [1.82, 2.24) is 0 Å². The summed E-state index contributed by atoms with van der Waals surface area (Å²) in [5, 5.41) is 1.82. The third-order valence-electron chi connectivity index (χ3n) is 2.02. The maximum Gasteiger partial charge on any atom is 0.316 e. The maximum atomic E-state index is 11.9. The third-order valence-corrected chi connectivity index (χ3v) is 3.73. The van der Waals surface area contributed by atoms with Crippen LogP contribution >= 0.6 is 27.3 Å². The molecule has 0 aliphatic rings. The van der Waals surface area contributed by atoms with Crippen molar-refractivity contribution < 1.29 is 14.3 Å². The molecule has 0 saturated carbocycles. The molecule has 1 rings (SSSR count). The van der Waals surface area contributed by atoms with E-state index in [0.717, 1.165) is 4.47 Å². The van der Waals surface area contributed by atoms with E-state index in [2.05, 4.69) is 20.7 Å². The van der Waals surface area contributed by atoms with Crippen LogP contribution in [0.15, 0.2) is 15.9 Å². The number of Topliss-reactive ketones (excluding diaryl/α,β-unsaturated/α-hetero) is 1. The Balaban J connectivity index is 2.87. The molecular formula is C10H11BrO3S. The van der Waals surface area contributed by atoms with Crippen LogP contribution in [0, 0.1) is 5.92 Å². The van der Waals surface area contributed by atoms with Gasteiger partial charge in [0, 0.05) is 9.85 Å². The van der Waals surface area contributed by atoms with Gasteiger partial charge in [0.05, 0.1) is 12.0 Å². The van der Waals surface area contributed by atoms with Gasteiger partial charge in [-0.05, 0) is 28.4 Å².